The Balaban J connectivity index is 3.49. The average Bonchev–Trinajstić information content (AvgIpc) is 2.15. The van der Waals surface area contributed by atoms with Gasteiger partial charge in [-0.25, -0.2) is 19.6 Å². The topological polar surface area (TPSA) is 130 Å². The van der Waals surface area contributed by atoms with Crippen molar-refractivity contribution in [1.29, 1.82) is 0 Å². The highest BCUT2D eigenvalue weighted by molar-refractivity contribution is 5.95. The van der Waals surface area contributed by atoms with Gasteiger partial charge in [0.05, 0.1) is 0 Å². The Labute approximate surface area is 90.3 Å². The zero-order valence-electron chi connectivity index (χ0n) is 8.63. The highest BCUT2D eigenvalue weighted by Crippen LogP contribution is 2.17. The van der Waals surface area contributed by atoms with Gasteiger partial charge in [-0.15, -0.1) is 0 Å². The highest BCUT2D eigenvalue weighted by Gasteiger charge is 2.21. The Hall–Kier alpha value is -2.38. The summed E-state index contributed by atoms with van der Waals surface area (Å²) in [4.78, 5) is 30.1. The molecule has 0 unspecified atom stereocenters. The van der Waals surface area contributed by atoms with E-state index in [0.717, 1.165) is 0 Å². The van der Waals surface area contributed by atoms with Crippen LogP contribution in [0.5, 0.6) is 0 Å². The Bertz CT molecular complexity index is 458. The van der Waals surface area contributed by atoms with Crippen molar-refractivity contribution in [2.24, 2.45) is 0 Å². The van der Waals surface area contributed by atoms with E-state index in [1.165, 1.54) is 19.0 Å². The summed E-state index contributed by atoms with van der Waals surface area (Å²) in [6.07, 6.45) is 0. The lowest BCUT2D eigenvalue weighted by Crippen LogP contribution is -2.21. The van der Waals surface area contributed by atoms with Crippen LogP contribution in [-0.2, 0) is 0 Å². The molecule has 0 fully saturated rings. The van der Waals surface area contributed by atoms with Gasteiger partial charge in [-0.1, -0.05) is 0 Å². The maximum Gasteiger partial charge on any atom is 0.358 e. The number of carboxylic acids is 2. The van der Waals surface area contributed by atoms with E-state index in [0.29, 0.717) is 0 Å². The predicted molar refractivity (Wildman–Crippen MR) is 54.7 cm³/mol. The molecule has 0 aliphatic rings. The first-order valence-electron chi connectivity index (χ1n) is 4.16. The third kappa shape index (κ3) is 2.00. The van der Waals surface area contributed by atoms with Crippen molar-refractivity contribution < 1.29 is 19.8 Å². The predicted octanol–water partition coefficient (Wildman–Crippen LogP) is -0.479. The average molecular weight is 226 g/mol. The number of aromatic nitrogens is 2. The second-order valence-electron chi connectivity index (χ2n) is 3.13. The van der Waals surface area contributed by atoms with Gasteiger partial charge in [-0.2, -0.15) is 0 Å². The second-order valence-corrected chi connectivity index (χ2v) is 3.13. The number of anilines is 2. The minimum Gasteiger partial charge on any atom is -0.476 e. The Kier molecular flexibility index (Phi) is 2.93. The smallest absolute Gasteiger partial charge is 0.358 e. The Morgan fingerprint density at radius 3 is 2.00 bits per heavy atom. The molecule has 8 nitrogen and oxygen atoms in total. The summed E-state index contributed by atoms with van der Waals surface area (Å²) in [5.74, 6) is -3.15. The fourth-order valence-electron chi connectivity index (χ4n) is 1.05. The number of carbonyl (C=O) groups is 2. The summed E-state index contributed by atoms with van der Waals surface area (Å²) >= 11 is 0. The lowest BCUT2D eigenvalue weighted by Gasteiger charge is -2.14. The van der Waals surface area contributed by atoms with Crippen LogP contribution in [0.25, 0.3) is 0 Å². The number of rotatable bonds is 3. The molecule has 8 heteroatoms. The van der Waals surface area contributed by atoms with Gasteiger partial charge in [-0.3, -0.25) is 0 Å². The highest BCUT2D eigenvalue weighted by atomic mass is 16.4. The summed E-state index contributed by atoms with van der Waals surface area (Å²) in [7, 11) is 3.05. The number of nitrogen functional groups attached to an aromatic ring is 1. The van der Waals surface area contributed by atoms with Crippen molar-refractivity contribution >= 4 is 23.6 Å². The number of carboxylic acid groups (broad SMARTS) is 2. The fraction of sp³-hybridized carbons (Fsp3) is 0.250. The standard InChI is InChI=1S/C8H10N4O4/c1-12(2)6-4(8(15)16)10-5(9)3(11-6)7(13)14/h1-2H3,(H2,9,10)(H,13,14)(H,15,16). The molecule has 86 valence electrons. The van der Waals surface area contributed by atoms with Crippen molar-refractivity contribution in [3.8, 4) is 0 Å². The third-order valence-electron chi connectivity index (χ3n) is 1.73. The Morgan fingerprint density at radius 1 is 1.12 bits per heavy atom. The van der Waals surface area contributed by atoms with Crippen LogP contribution < -0.4 is 10.6 Å². The molecule has 1 aromatic rings. The van der Waals surface area contributed by atoms with Crippen LogP contribution in [0, 0.1) is 0 Å². The van der Waals surface area contributed by atoms with Crippen LogP contribution in [0.15, 0.2) is 0 Å². The number of nitrogens with zero attached hydrogens (tertiary/aromatic N) is 3. The summed E-state index contributed by atoms with van der Waals surface area (Å²) in [6, 6.07) is 0. The fourth-order valence-corrected chi connectivity index (χ4v) is 1.05. The van der Waals surface area contributed by atoms with Gasteiger partial charge in [0.15, 0.2) is 23.0 Å². The molecule has 0 bridgehead atoms. The molecule has 0 amide bonds. The van der Waals surface area contributed by atoms with Crippen molar-refractivity contribution in [2.45, 2.75) is 0 Å². The van der Waals surface area contributed by atoms with Crippen molar-refractivity contribution in [2.75, 3.05) is 24.7 Å². The van der Waals surface area contributed by atoms with Gasteiger partial charge >= 0.3 is 11.9 Å². The molecule has 16 heavy (non-hydrogen) atoms. The largest absolute Gasteiger partial charge is 0.476 e. The lowest BCUT2D eigenvalue weighted by molar-refractivity contribution is 0.0673. The molecule has 0 radical (unpaired) electrons. The quantitative estimate of drug-likeness (QED) is 0.630. The molecule has 1 heterocycles. The van der Waals surface area contributed by atoms with Gasteiger partial charge in [0, 0.05) is 14.1 Å². The van der Waals surface area contributed by atoms with Crippen LogP contribution in [-0.4, -0.2) is 46.2 Å². The molecular weight excluding hydrogens is 216 g/mol. The van der Waals surface area contributed by atoms with E-state index in [-0.39, 0.29) is 11.5 Å². The summed E-state index contributed by atoms with van der Waals surface area (Å²) < 4.78 is 0. The van der Waals surface area contributed by atoms with E-state index >= 15 is 0 Å². The van der Waals surface area contributed by atoms with E-state index in [4.69, 9.17) is 15.9 Å². The van der Waals surface area contributed by atoms with Crippen molar-refractivity contribution in [3.63, 3.8) is 0 Å². The molecule has 0 aromatic carbocycles. The molecular formula is C8H10N4O4. The molecule has 1 aromatic heterocycles. The summed E-state index contributed by atoms with van der Waals surface area (Å²) in [5, 5.41) is 17.6. The van der Waals surface area contributed by atoms with Gasteiger partial charge in [0.1, 0.15) is 0 Å². The first-order valence-corrected chi connectivity index (χ1v) is 4.16. The molecule has 1 rings (SSSR count). The van der Waals surface area contributed by atoms with E-state index in [9.17, 15) is 9.59 Å². The molecule has 0 atom stereocenters. The van der Waals surface area contributed by atoms with Crippen molar-refractivity contribution in [1.82, 2.24) is 9.97 Å². The normalized spacial score (nSPS) is 9.88. The number of aromatic carboxylic acids is 2. The lowest BCUT2D eigenvalue weighted by atomic mass is 10.3. The third-order valence-corrected chi connectivity index (χ3v) is 1.73. The van der Waals surface area contributed by atoms with Crippen LogP contribution in [0.3, 0.4) is 0 Å². The van der Waals surface area contributed by atoms with E-state index in [1.54, 1.807) is 0 Å². The maximum atomic E-state index is 10.8. The molecule has 0 aliphatic carbocycles. The minimum absolute atomic E-state index is 0.0564. The first kappa shape index (κ1) is 11.7. The number of nitrogens with two attached hydrogens (primary N) is 1. The Morgan fingerprint density at radius 2 is 1.62 bits per heavy atom. The van der Waals surface area contributed by atoms with E-state index in [1.807, 2.05) is 0 Å². The molecule has 0 saturated carbocycles. The number of hydrogen-bond donors (Lipinski definition) is 3. The zero-order valence-corrected chi connectivity index (χ0v) is 8.63. The first-order chi connectivity index (χ1) is 7.34. The summed E-state index contributed by atoms with van der Waals surface area (Å²) in [5.41, 5.74) is 4.45. The molecule has 0 aliphatic heterocycles. The van der Waals surface area contributed by atoms with Crippen molar-refractivity contribution in [3.05, 3.63) is 11.4 Å². The van der Waals surface area contributed by atoms with Gasteiger partial charge in [-0.05, 0) is 0 Å². The molecule has 4 N–H and O–H groups in total. The summed E-state index contributed by atoms with van der Waals surface area (Å²) in [6.45, 7) is 0. The van der Waals surface area contributed by atoms with E-state index in [2.05, 4.69) is 9.97 Å². The van der Waals surface area contributed by atoms with E-state index < -0.39 is 23.5 Å². The second kappa shape index (κ2) is 4.01. The molecule has 0 spiro atoms. The van der Waals surface area contributed by atoms with Crippen LogP contribution in [0.1, 0.15) is 21.0 Å². The van der Waals surface area contributed by atoms with Gasteiger partial charge in [0.25, 0.3) is 0 Å². The monoisotopic (exact) mass is 226 g/mol. The van der Waals surface area contributed by atoms with Crippen LogP contribution in [0.2, 0.25) is 0 Å². The van der Waals surface area contributed by atoms with Crippen LogP contribution in [0.4, 0.5) is 11.6 Å². The molecule has 0 saturated heterocycles. The minimum atomic E-state index is -1.36. The van der Waals surface area contributed by atoms with Crippen LogP contribution >= 0.6 is 0 Å². The van der Waals surface area contributed by atoms with Gasteiger partial charge < -0.3 is 20.8 Å². The zero-order chi connectivity index (χ0) is 12.5. The SMILES string of the molecule is CN(C)c1nc(C(=O)O)c(N)nc1C(=O)O. The maximum absolute atomic E-state index is 10.8. The van der Waals surface area contributed by atoms with Gasteiger partial charge in [0.2, 0.25) is 0 Å². The number of hydrogen-bond acceptors (Lipinski definition) is 6.